The van der Waals surface area contributed by atoms with Crippen molar-refractivity contribution in [2.75, 3.05) is 20.2 Å². The van der Waals surface area contributed by atoms with Gasteiger partial charge < -0.3 is 4.74 Å². The Morgan fingerprint density at radius 1 is 1.32 bits per heavy atom. The van der Waals surface area contributed by atoms with Crippen molar-refractivity contribution in [1.82, 2.24) is 4.90 Å². The predicted molar refractivity (Wildman–Crippen MR) is 80.8 cm³/mol. The van der Waals surface area contributed by atoms with Gasteiger partial charge in [-0.05, 0) is 51.1 Å². The summed E-state index contributed by atoms with van der Waals surface area (Å²) in [6.45, 7) is 2.79. The zero-order valence-electron chi connectivity index (χ0n) is 13.0. The molecule has 1 aliphatic rings. The van der Waals surface area contributed by atoms with Crippen molar-refractivity contribution >= 4 is 11.8 Å². The summed E-state index contributed by atoms with van der Waals surface area (Å²) in [5, 5.41) is 0. The van der Waals surface area contributed by atoms with Crippen molar-refractivity contribution in [3.05, 3.63) is 35.6 Å². The summed E-state index contributed by atoms with van der Waals surface area (Å²) in [4.78, 5) is 25.9. The van der Waals surface area contributed by atoms with E-state index >= 15 is 0 Å². The van der Waals surface area contributed by atoms with Crippen molar-refractivity contribution < 1.29 is 18.7 Å². The first-order valence-corrected chi connectivity index (χ1v) is 7.65. The van der Waals surface area contributed by atoms with Crippen LogP contribution in [0.3, 0.4) is 0 Å². The topological polar surface area (TPSA) is 46.6 Å². The molecule has 1 saturated heterocycles. The normalized spacial score (nSPS) is 22.3. The van der Waals surface area contributed by atoms with Crippen LogP contribution in [-0.2, 0) is 14.3 Å². The van der Waals surface area contributed by atoms with E-state index in [1.807, 2.05) is 7.05 Å². The fourth-order valence-electron chi connectivity index (χ4n) is 2.95. The molecule has 0 N–H and O–H groups in total. The SMILES string of the molecule is CCOC(=O)CC(=O)[C@H]1CCN(C)[C@H](c2ccc(F)cc2)C1. The Morgan fingerprint density at radius 3 is 2.64 bits per heavy atom. The van der Waals surface area contributed by atoms with Gasteiger partial charge in [-0.3, -0.25) is 14.5 Å². The number of carbonyl (C=O) groups excluding carboxylic acids is 2. The van der Waals surface area contributed by atoms with Crippen LogP contribution in [-0.4, -0.2) is 36.9 Å². The largest absolute Gasteiger partial charge is 0.466 e. The summed E-state index contributed by atoms with van der Waals surface area (Å²) in [7, 11) is 2.00. The lowest BCUT2D eigenvalue weighted by Crippen LogP contribution is -2.37. The number of nitrogens with zero attached hydrogens (tertiary/aromatic N) is 1. The fraction of sp³-hybridized carbons (Fsp3) is 0.529. The molecule has 0 bridgehead atoms. The lowest BCUT2D eigenvalue weighted by Gasteiger charge is -2.36. The Hall–Kier alpha value is -1.75. The van der Waals surface area contributed by atoms with Gasteiger partial charge in [0.15, 0.2) is 0 Å². The quantitative estimate of drug-likeness (QED) is 0.620. The number of likely N-dealkylation sites (tertiary alicyclic amines) is 1. The monoisotopic (exact) mass is 307 g/mol. The smallest absolute Gasteiger partial charge is 0.313 e. The summed E-state index contributed by atoms with van der Waals surface area (Å²) in [6, 6.07) is 6.47. The maximum absolute atomic E-state index is 13.1. The molecule has 1 aromatic carbocycles. The Bertz CT molecular complexity index is 529. The summed E-state index contributed by atoms with van der Waals surface area (Å²) < 4.78 is 17.9. The van der Waals surface area contributed by atoms with Gasteiger partial charge in [-0.25, -0.2) is 4.39 Å². The minimum absolute atomic E-state index is 0.0568. The Morgan fingerprint density at radius 2 is 2.00 bits per heavy atom. The van der Waals surface area contributed by atoms with Crippen molar-refractivity contribution in [2.45, 2.75) is 32.2 Å². The number of piperidine rings is 1. The third-order valence-corrected chi connectivity index (χ3v) is 4.20. The lowest BCUT2D eigenvalue weighted by atomic mass is 9.84. The Labute approximate surface area is 130 Å². The molecule has 1 fully saturated rings. The average Bonchev–Trinajstić information content (AvgIpc) is 2.49. The third-order valence-electron chi connectivity index (χ3n) is 4.20. The van der Waals surface area contributed by atoms with Crippen LogP contribution in [0, 0.1) is 11.7 Å². The number of rotatable bonds is 5. The van der Waals surface area contributed by atoms with Crippen molar-refractivity contribution in [2.24, 2.45) is 5.92 Å². The molecule has 0 aliphatic carbocycles. The van der Waals surface area contributed by atoms with E-state index < -0.39 is 5.97 Å². The number of hydrogen-bond acceptors (Lipinski definition) is 4. The highest BCUT2D eigenvalue weighted by molar-refractivity contribution is 5.96. The minimum atomic E-state index is -0.454. The molecule has 4 nitrogen and oxygen atoms in total. The number of ketones is 1. The van der Waals surface area contributed by atoms with Gasteiger partial charge in [-0.1, -0.05) is 12.1 Å². The molecule has 120 valence electrons. The van der Waals surface area contributed by atoms with Gasteiger partial charge >= 0.3 is 5.97 Å². The Kier molecular flexibility index (Phi) is 5.66. The average molecular weight is 307 g/mol. The van der Waals surface area contributed by atoms with Crippen LogP contribution in [0.25, 0.3) is 0 Å². The third kappa shape index (κ3) is 4.13. The molecule has 22 heavy (non-hydrogen) atoms. The summed E-state index contributed by atoms with van der Waals surface area (Å²) in [5.74, 6) is -0.920. The molecule has 0 spiro atoms. The van der Waals surface area contributed by atoms with Crippen LogP contribution in [0.1, 0.15) is 37.8 Å². The highest BCUT2D eigenvalue weighted by Gasteiger charge is 2.32. The number of esters is 1. The summed E-state index contributed by atoms with van der Waals surface area (Å²) >= 11 is 0. The van der Waals surface area contributed by atoms with Crippen LogP contribution in [0.5, 0.6) is 0 Å². The van der Waals surface area contributed by atoms with Crippen LogP contribution in [0.4, 0.5) is 4.39 Å². The summed E-state index contributed by atoms with van der Waals surface area (Å²) in [6.07, 6.45) is 1.24. The van der Waals surface area contributed by atoms with Crippen LogP contribution >= 0.6 is 0 Å². The van der Waals surface area contributed by atoms with Gasteiger partial charge in [0.2, 0.25) is 0 Å². The second-order valence-electron chi connectivity index (χ2n) is 5.72. The van der Waals surface area contributed by atoms with E-state index in [0.717, 1.165) is 18.5 Å². The van der Waals surface area contributed by atoms with E-state index in [0.29, 0.717) is 6.42 Å². The fourth-order valence-corrected chi connectivity index (χ4v) is 2.95. The first-order chi connectivity index (χ1) is 10.5. The van der Waals surface area contributed by atoms with Crippen molar-refractivity contribution in [1.29, 1.82) is 0 Å². The Balaban J connectivity index is 2.02. The molecule has 1 aliphatic heterocycles. The van der Waals surface area contributed by atoms with Crippen molar-refractivity contribution in [3.8, 4) is 0 Å². The van der Waals surface area contributed by atoms with Crippen LogP contribution in [0.15, 0.2) is 24.3 Å². The van der Waals surface area contributed by atoms with Crippen molar-refractivity contribution in [3.63, 3.8) is 0 Å². The number of Topliss-reactive ketones (excluding diaryl/α,β-unsaturated/α-hetero) is 1. The number of ether oxygens (including phenoxy) is 1. The highest BCUT2D eigenvalue weighted by atomic mass is 19.1. The van der Waals surface area contributed by atoms with Gasteiger partial charge in [0.1, 0.15) is 18.0 Å². The molecule has 1 aromatic rings. The second-order valence-corrected chi connectivity index (χ2v) is 5.72. The molecular weight excluding hydrogens is 285 g/mol. The molecule has 5 heteroatoms. The highest BCUT2D eigenvalue weighted by Crippen LogP contribution is 2.34. The number of benzene rings is 1. The molecule has 1 heterocycles. The van der Waals surface area contributed by atoms with E-state index in [1.54, 1.807) is 19.1 Å². The lowest BCUT2D eigenvalue weighted by molar-refractivity contribution is -0.146. The number of carbonyl (C=O) groups is 2. The van der Waals surface area contributed by atoms with Gasteiger partial charge in [0.25, 0.3) is 0 Å². The van der Waals surface area contributed by atoms with E-state index in [9.17, 15) is 14.0 Å². The molecule has 0 aromatic heterocycles. The number of hydrogen-bond donors (Lipinski definition) is 0. The summed E-state index contributed by atoms with van der Waals surface area (Å²) in [5.41, 5.74) is 0.998. The van der Waals surface area contributed by atoms with E-state index in [4.69, 9.17) is 4.74 Å². The molecule has 2 rings (SSSR count). The molecular formula is C17H22FNO3. The van der Waals surface area contributed by atoms with Crippen LogP contribution in [0.2, 0.25) is 0 Å². The zero-order valence-corrected chi connectivity index (χ0v) is 13.0. The standard InChI is InChI=1S/C17H22FNO3/c1-3-22-17(21)11-16(20)13-8-9-19(2)15(10-13)12-4-6-14(18)7-5-12/h4-7,13,15H,3,8-11H2,1-2H3/t13-,15-/m0/s1. The van der Waals surface area contributed by atoms with Crippen LogP contribution < -0.4 is 0 Å². The zero-order chi connectivity index (χ0) is 16.1. The van der Waals surface area contributed by atoms with Gasteiger partial charge in [-0.15, -0.1) is 0 Å². The van der Waals surface area contributed by atoms with Gasteiger partial charge in [0.05, 0.1) is 6.61 Å². The molecule has 0 unspecified atom stereocenters. The molecule has 0 amide bonds. The maximum Gasteiger partial charge on any atom is 0.313 e. The predicted octanol–water partition coefficient (Wildman–Crippen LogP) is 2.73. The molecule has 0 saturated carbocycles. The molecule has 0 radical (unpaired) electrons. The molecule has 2 atom stereocenters. The first-order valence-electron chi connectivity index (χ1n) is 7.65. The van der Waals surface area contributed by atoms with E-state index in [1.165, 1.54) is 12.1 Å². The number of halogens is 1. The van der Waals surface area contributed by atoms with E-state index in [-0.39, 0.29) is 36.6 Å². The minimum Gasteiger partial charge on any atom is -0.466 e. The maximum atomic E-state index is 13.1. The van der Waals surface area contributed by atoms with E-state index in [2.05, 4.69) is 4.90 Å². The second kappa shape index (κ2) is 7.49. The van der Waals surface area contributed by atoms with Gasteiger partial charge in [-0.2, -0.15) is 0 Å². The first kappa shape index (κ1) is 16.6. The van der Waals surface area contributed by atoms with Gasteiger partial charge in [0, 0.05) is 12.0 Å².